The van der Waals surface area contributed by atoms with Crippen molar-refractivity contribution in [3.05, 3.63) is 53.6 Å². The van der Waals surface area contributed by atoms with Gasteiger partial charge in [0.25, 0.3) is 15.9 Å². The minimum Gasteiger partial charge on any atom is -0.476 e. The topological polar surface area (TPSA) is 75.7 Å². The Morgan fingerprint density at radius 2 is 1.74 bits per heavy atom. The minimum absolute atomic E-state index is 0.0674. The Kier molecular flexibility index (Phi) is 5.15. The summed E-state index contributed by atoms with van der Waals surface area (Å²) >= 11 is 0. The molecule has 1 amide bonds. The minimum atomic E-state index is -3.83. The Morgan fingerprint density at radius 3 is 2.37 bits per heavy atom. The predicted molar refractivity (Wildman–Crippen MR) is 105 cm³/mol. The van der Waals surface area contributed by atoms with E-state index in [1.807, 2.05) is 33.8 Å². The van der Waals surface area contributed by atoms with E-state index < -0.39 is 16.1 Å². The van der Waals surface area contributed by atoms with Crippen LogP contribution in [0.15, 0.2) is 47.4 Å². The number of fused-ring (bicyclic) bond motifs is 1. The van der Waals surface area contributed by atoms with E-state index in [9.17, 15) is 13.2 Å². The van der Waals surface area contributed by atoms with Crippen LogP contribution in [0.1, 0.15) is 25.0 Å². The fourth-order valence-electron chi connectivity index (χ4n) is 2.94. The van der Waals surface area contributed by atoms with Crippen molar-refractivity contribution < 1.29 is 17.9 Å². The zero-order chi connectivity index (χ0) is 19.8. The molecule has 0 spiro atoms. The Hall–Kier alpha value is -2.54. The van der Waals surface area contributed by atoms with Gasteiger partial charge in [-0.15, -0.1) is 0 Å². The summed E-state index contributed by atoms with van der Waals surface area (Å²) < 4.78 is 33.7. The fraction of sp³-hybridized carbons (Fsp3) is 0.350. The van der Waals surface area contributed by atoms with Crippen LogP contribution in [0, 0.1) is 13.8 Å². The number of ether oxygens (including phenoxy) is 1. The standard InChI is InChI=1S/C20H24N2O4S/c1-13(2)21-20(23)19-12-22(17-10-7-15(4)11-18(17)26-19)27(24,25)16-8-5-14(3)6-9-16/h5-11,13,19H,12H2,1-4H3,(H,21,23)/t19-/m1/s1. The first-order valence-electron chi connectivity index (χ1n) is 8.85. The van der Waals surface area contributed by atoms with Gasteiger partial charge in [-0.1, -0.05) is 23.8 Å². The van der Waals surface area contributed by atoms with Crippen LogP contribution in [0.5, 0.6) is 5.75 Å². The van der Waals surface area contributed by atoms with E-state index in [-0.39, 0.29) is 23.4 Å². The highest BCUT2D eigenvalue weighted by Crippen LogP contribution is 2.37. The molecule has 6 nitrogen and oxygen atoms in total. The van der Waals surface area contributed by atoms with Crippen LogP contribution in [0.4, 0.5) is 5.69 Å². The third kappa shape index (κ3) is 3.93. The van der Waals surface area contributed by atoms with Gasteiger partial charge in [-0.25, -0.2) is 8.42 Å². The molecule has 0 aromatic heterocycles. The summed E-state index contributed by atoms with van der Waals surface area (Å²) in [6, 6.07) is 11.9. The molecule has 27 heavy (non-hydrogen) atoms. The third-order valence-corrected chi connectivity index (χ3v) is 6.11. The van der Waals surface area contributed by atoms with Crippen molar-refractivity contribution in [3.63, 3.8) is 0 Å². The van der Waals surface area contributed by atoms with E-state index in [2.05, 4.69) is 5.32 Å². The summed E-state index contributed by atoms with van der Waals surface area (Å²) in [7, 11) is -3.83. The predicted octanol–water partition coefficient (Wildman–Crippen LogP) is 2.78. The molecule has 144 valence electrons. The average Bonchev–Trinajstić information content (AvgIpc) is 2.60. The summed E-state index contributed by atoms with van der Waals surface area (Å²) in [6.07, 6.45) is -0.915. The number of aryl methyl sites for hydroxylation is 2. The number of hydrogen-bond donors (Lipinski definition) is 1. The zero-order valence-electron chi connectivity index (χ0n) is 15.9. The molecule has 0 bridgehead atoms. The number of rotatable bonds is 4. The first-order chi connectivity index (χ1) is 12.7. The second-order valence-electron chi connectivity index (χ2n) is 7.09. The molecule has 0 saturated heterocycles. The SMILES string of the molecule is Cc1ccc(S(=O)(=O)N2C[C@H](C(=O)NC(C)C)Oc3cc(C)ccc32)cc1. The van der Waals surface area contributed by atoms with Crippen molar-refractivity contribution in [1.29, 1.82) is 0 Å². The van der Waals surface area contributed by atoms with Gasteiger partial charge in [-0.05, 0) is 57.5 Å². The molecule has 2 aromatic rings. The van der Waals surface area contributed by atoms with Crippen LogP contribution >= 0.6 is 0 Å². The van der Waals surface area contributed by atoms with Crippen LogP contribution in [0.3, 0.4) is 0 Å². The lowest BCUT2D eigenvalue weighted by atomic mass is 10.1. The monoisotopic (exact) mass is 388 g/mol. The van der Waals surface area contributed by atoms with E-state index in [1.165, 1.54) is 4.31 Å². The summed E-state index contributed by atoms with van der Waals surface area (Å²) in [5.74, 6) is 0.0575. The van der Waals surface area contributed by atoms with Gasteiger partial charge in [-0.3, -0.25) is 9.10 Å². The molecule has 2 aromatic carbocycles. The Balaban J connectivity index is 2.04. The number of amides is 1. The van der Waals surface area contributed by atoms with E-state index in [0.717, 1.165) is 11.1 Å². The largest absolute Gasteiger partial charge is 0.476 e. The first kappa shape index (κ1) is 19.2. The van der Waals surface area contributed by atoms with E-state index in [4.69, 9.17) is 4.74 Å². The van der Waals surface area contributed by atoms with Gasteiger partial charge in [0, 0.05) is 6.04 Å². The summed E-state index contributed by atoms with van der Waals surface area (Å²) in [5.41, 5.74) is 2.34. The Labute approximate surface area is 160 Å². The number of nitrogens with one attached hydrogen (secondary N) is 1. The summed E-state index contributed by atoms with van der Waals surface area (Å²) in [4.78, 5) is 12.7. The summed E-state index contributed by atoms with van der Waals surface area (Å²) in [5, 5.41) is 2.79. The molecule has 1 atom stereocenters. The number of nitrogens with zero attached hydrogens (tertiary/aromatic N) is 1. The fourth-order valence-corrected chi connectivity index (χ4v) is 4.42. The van der Waals surface area contributed by atoms with Crippen molar-refractivity contribution >= 4 is 21.6 Å². The molecule has 1 heterocycles. The molecule has 1 aliphatic heterocycles. The smallest absolute Gasteiger partial charge is 0.264 e. The van der Waals surface area contributed by atoms with E-state index in [1.54, 1.807) is 36.4 Å². The van der Waals surface area contributed by atoms with Crippen molar-refractivity contribution in [2.24, 2.45) is 0 Å². The maximum atomic E-state index is 13.3. The van der Waals surface area contributed by atoms with Crippen LogP contribution in [0.2, 0.25) is 0 Å². The molecule has 0 fully saturated rings. The highest BCUT2D eigenvalue weighted by molar-refractivity contribution is 7.92. The van der Waals surface area contributed by atoms with E-state index in [0.29, 0.717) is 11.4 Å². The van der Waals surface area contributed by atoms with Gasteiger partial charge in [0.15, 0.2) is 6.10 Å². The lowest BCUT2D eigenvalue weighted by Gasteiger charge is -2.35. The molecule has 7 heteroatoms. The van der Waals surface area contributed by atoms with Gasteiger partial charge in [-0.2, -0.15) is 0 Å². The molecule has 1 N–H and O–H groups in total. The highest BCUT2D eigenvalue weighted by Gasteiger charge is 2.37. The maximum absolute atomic E-state index is 13.3. The van der Waals surface area contributed by atoms with Gasteiger partial charge in [0.05, 0.1) is 17.1 Å². The highest BCUT2D eigenvalue weighted by atomic mass is 32.2. The zero-order valence-corrected chi connectivity index (χ0v) is 16.7. The van der Waals surface area contributed by atoms with Crippen LogP contribution in [-0.2, 0) is 14.8 Å². The van der Waals surface area contributed by atoms with Gasteiger partial charge in [0.2, 0.25) is 0 Å². The van der Waals surface area contributed by atoms with Crippen LogP contribution < -0.4 is 14.4 Å². The number of carbonyl (C=O) groups excluding carboxylic acids is 1. The van der Waals surface area contributed by atoms with Gasteiger partial charge < -0.3 is 10.1 Å². The molecular formula is C20H24N2O4S. The van der Waals surface area contributed by atoms with Gasteiger partial charge >= 0.3 is 0 Å². The molecule has 3 rings (SSSR count). The van der Waals surface area contributed by atoms with Crippen LogP contribution in [-0.4, -0.2) is 33.0 Å². The van der Waals surface area contributed by atoms with Crippen molar-refractivity contribution in [2.75, 3.05) is 10.8 Å². The second-order valence-corrected chi connectivity index (χ2v) is 8.95. The number of anilines is 1. The molecule has 1 aliphatic rings. The van der Waals surface area contributed by atoms with E-state index >= 15 is 0 Å². The lowest BCUT2D eigenvalue weighted by Crippen LogP contribution is -2.51. The van der Waals surface area contributed by atoms with Gasteiger partial charge in [0.1, 0.15) is 5.75 Å². The normalized spacial score (nSPS) is 16.6. The Bertz CT molecular complexity index is 952. The number of benzene rings is 2. The van der Waals surface area contributed by atoms with Crippen molar-refractivity contribution in [3.8, 4) is 5.75 Å². The maximum Gasteiger partial charge on any atom is 0.264 e. The number of hydrogen-bond acceptors (Lipinski definition) is 4. The number of carbonyl (C=O) groups is 1. The summed E-state index contributed by atoms with van der Waals surface area (Å²) in [6.45, 7) is 7.40. The molecule has 0 aliphatic carbocycles. The first-order valence-corrected chi connectivity index (χ1v) is 10.3. The number of sulfonamides is 1. The molecule has 0 radical (unpaired) electrons. The second kappa shape index (κ2) is 7.23. The van der Waals surface area contributed by atoms with Crippen LogP contribution in [0.25, 0.3) is 0 Å². The van der Waals surface area contributed by atoms with Crippen molar-refractivity contribution in [2.45, 2.75) is 44.7 Å². The quantitative estimate of drug-likeness (QED) is 0.874. The molecule has 0 saturated carbocycles. The van der Waals surface area contributed by atoms with Crippen molar-refractivity contribution in [1.82, 2.24) is 5.32 Å². The molecular weight excluding hydrogens is 364 g/mol. The Morgan fingerprint density at radius 1 is 1.11 bits per heavy atom. The average molecular weight is 388 g/mol. The third-order valence-electron chi connectivity index (χ3n) is 4.32. The lowest BCUT2D eigenvalue weighted by molar-refractivity contribution is -0.128. The molecule has 0 unspecified atom stereocenters.